The Morgan fingerprint density at radius 3 is 2.94 bits per heavy atom. The van der Waals surface area contributed by atoms with Gasteiger partial charge in [0.15, 0.2) is 0 Å². The molecule has 1 aromatic heterocycles. The number of anilines is 1. The summed E-state index contributed by atoms with van der Waals surface area (Å²) < 4.78 is 2.27. The van der Waals surface area contributed by atoms with E-state index in [4.69, 9.17) is 0 Å². The molecule has 0 aromatic carbocycles. The quantitative estimate of drug-likeness (QED) is 0.865. The molecule has 4 heteroatoms. The molecule has 0 spiro atoms. The lowest BCUT2D eigenvalue weighted by atomic mass is 10.0. The molecule has 18 heavy (non-hydrogen) atoms. The summed E-state index contributed by atoms with van der Waals surface area (Å²) in [6, 6.07) is 1.39. The second kappa shape index (κ2) is 5.31. The molecule has 100 valence electrons. The summed E-state index contributed by atoms with van der Waals surface area (Å²) in [4.78, 5) is 7.11. The van der Waals surface area contributed by atoms with Crippen LogP contribution in [0.15, 0.2) is 12.4 Å². The normalized spacial score (nSPS) is 24.2. The maximum Gasteiger partial charge on any atom is 0.205 e. The van der Waals surface area contributed by atoms with E-state index in [2.05, 4.69) is 32.9 Å². The molecule has 1 unspecified atom stereocenters. The van der Waals surface area contributed by atoms with Crippen molar-refractivity contribution < 1.29 is 0 Å². The van der Waals surface area contributed by atoms with E-state index in [9.17, 15) is 0 Å². The predicted molar refractivity (Wildman–Crippen MR) is 73.9 cm³/mol. The van der Waals surface area contributed by atoms with Crippen molar-refractivity contribution in [1.82, 2.24) is 14.9 Å². The van der Waals surface area contributed by atoms with Gasteiger partial charge in [-0.05, 0) is 39.2 Å². The Morgan fingerprint density at radius 1 is 1.39 bits per heavy atom. The number of piperidine rings is 1. The van der Waals surface area contributed by atoms with Gasteiger partial charge < -0.3 is 14.8 Å². The number of imidazole rings is 1. The minimum absolute atomic E-state index is 0.654. The smallest absolute Gasteiger partial charge is 0.205 e. The van der Waals surface area contributed by atoms with Gasteiger partial charge in [0.05, 0.1) is 0 Å². The maximum atomic E-state index is 4.58. The van der Waals surface area contributed by atoms with Crippen molar-refractivity contribution in [1.29, 1.82) is 0 Å². The van der Waals surface area contributed by atoms with E-state index in [1.807, 2.05) is 6.20 Å². The van der Waals surface area contributed by atoms with E-state index in [0.717, 1.165) is 19.1 Å². The average Bonchev–Trinajstić information content (AvgIpc) is 3.14. The number of aromatic nitrogens is 2. The minimum Gasteiger partial charge on any atom is -0.338 e. The van der Waals surface area contributed by atoms with Gasteiger partial charge in [0.2, 0.25) is 5.95 Å². The van der Waals surface area contributed by atoms with E-state index < -0.39 is 0 Å². The fourth-order valence-corrected chi connectivity index (χ4v) is 2.90. The van der Waals surface area contributed by atoms with Crippen LogP contribution in [0.4, 0.5) is 5.95 Å². The molecule has 0 bridgehead atoms. The summed E-state index contributed by atoms with van der Waals surface area (Å²) in [5.74, 6) is 1.17. The van der Waals surface area contributed by atoms with E-state index in [1.54, 1.807) is 0 Å². The van der Waals surface area contributed by atoms with Crippen LogP contribution < -0.4 is 10.2 Å². The van der Waals surface area contributed by atoms with Gasteiger partial charge in [0, 0.05) is 37.6 Å². The molecule has 1 aliphatic carbocycles. The number of rotatable bonds is 5. The summed E-state index contributed by atoms with van der Waals surface area (Å²) in [5.41, 5.74) is 0. The number of nitrogens with one attached hydrogen (secondary N) is 1. The monoisotopic (exact) mass is 248 g/mol. The van der Waals surface area contributed by atoms with Gasteiger partial charge in [-0.15, -0.1) is 0 Å². The Kier molecular flexibility index (Phi) is 3.55. The van der Waals surface area contributed by atoms with Crippen LogP contribution in [0.25, 0.3) is 0 Å². The van der Waals surface area contributed by atoms with Gasteiger partial charge in [-0.25, -0.2) is 4.98 Å². The van der Waals surface area contributed by atoms with E-state index in [0.29, 0.717) is 6.04 Å². The van der Waals surface area contributed by atoms with Crippen molar-refractivity contribution in [2.45, 2.75) is 57.7 Å². The van der Waals surface area contributed by atoms with Crippen LogP contribution in [0.1, 0.15) is 39.0 Å². The Morgan fingerprint density at radius 2 is 2.28 bits per heavy atom. The maximum absolute atomic E-state index is 4.58. The number of aryl methyl sites for hydroxylation is 1. The fourth-order valence-electron chi connectivity index (χ4n) is 2.90. The molecule has 0 radical (unpaired) electrons. The molecule has 1 N–H and O–H groups in total. The topological polar surface area (TPSA) is 33.1 Å². The van der Waals surface area contributed by atoms with Crippen molar-refractivity contribution >= 4 is 5.95 Å². The second-order valence-corrected chi connectivity index (χ2v) is 5.54. The molecule has 1 atom stereocenters. The molecule has 4 nitrogen and oxygen atoms in total. The zero-order valence-corrected chi connectivity index (χ0v) is 11.3. The minimum atomic E-state index is 0.654. The molecule has 0 amide bonds. The molecule has 2 aliphatic rings. The van der Waals surface area contributed by atoms with Crippen LogP contribution in [0.2, 0.25) is 0 Å². The first-order valence-electron chi connectivity index (χ1n) is 7.39. The molecule has 3 rings (SSSR count). The van der Waals surface area contributed by atoms with E-state index in [1.165, 1.54) is 44.6 Å². The van der Waals surface area contributed by atoms with Crippen LogP contribution in [0.5, 0.6) is 0 Å². The largest absolute Gasteiger partial charge is 0.338 e. The first kappa shape index (κ1) is 12.0. The number of hydrogen-bond donors (Lipinski definition) is 1. The van der Waals surface area contributed by atoms with Crippen molar-refractivity contribution in [3.8, 4) is 0 Å². The van der Waals surface area contributed by atoms with Crippen molar-refractivity contribution in [2.24, 2.45) is 0 Å². The third kappa shape index (κ3) is 2.53. The molecule has 1 aliphatic heterocycles. The van der Waals surface area contributed by atoms with Gasteiger partial charge in [-0.2, -0.15) is 0 Å². The Labute approximate surface area is 109 Å². The van der Waals surface area contributed by atoms with Gasteiger partial charge in [0.25, 0.3) is 0 Å². The van der Waals surface area contributed by atoms with E-state index >= 15 is 0 Å². The molecule has 2 fully saturated rings. The SMILES string of the molecule is CCn1ccnc1N(CC1CCCCN1)C1CC1. The molecular weight excluding hydrogens is 224 g/mol. The number of hydrogen-bond acceptors (Lipinski definition) is 3. The van der Waals surface area contributed by atoms with Crippen molar-refractivity contribution in [3.63, 3.8) is 0 Å². The Bertz CT molecular complexity index is 377. The number of nitrogens with zero attached hydrogens (tertiary/aromatic N) is 3. The van der Waals surface area contributed by atoms with Gasteiger partial charge in [-0.3, -0.25) is 0 Å². The van der Waals surface area contributed by atoms with Gasteiger partial charge in [-0.1, -0.05) is 6.42 Å². The van der Waals surface area contributed by atoms with Gasteiger partial charge >= 0.3 is 0 Å². The van der Waals surface area contributed by atoms with Crippen molar-refractivity contribution in [3.05, 3.63) is 12.4 Å². The highest BCUT2D eigenvalue weighted by Gasteiger charge is 2.33. The standard InChI is InChI=1S/C14H24N4/c1-2-17-10-9-16-14(17)18(13-6-7-13)11-12-5-3-4-8-15-12/h9-10,12-13,15H,2-8,11H2,1H3. The van der Waals surface area contributed by atoms with Crippen LogP contribution in [0.3, 0.4) is 0 Å². The van der Waals surface area contributed by atoms with Crippen LogP contribution in [-0.2, 0) is 6.54 Å². The lowest BCUT2D eigenvalue weighted by Crippen LogP contribution is -2.45. The average molecular weight is 248 g/mol. The zero-order valence-electron chi connectivity index (χ0n) is 11.3. The van der Waals surface area contributed by atoms with Crippen LogP contribution in [0, 0.1) is 0 Å². The molecule has 2 heterocycles. The predicted octanol–water partition coefficient (Wildman–Crippen LogP) is 2.01. The summed E-state index contributed by atoms with van der Waals surface area (Å²) in [6.45, 7) is 5.51. The summed E-state index contributed by atoms with van der Waals surface area (Å²) in [5, 5.41) is 3.65. The zero-order chi connectivity index (χ0) is 12.4. The highest BCUT2D eigenvalue weighted by Crippen LogP contribution is 2.31. The fraction of sp³-hybridized carbons (Fsp3) is 0.786. The summed E-state index contributed by atoms with van der Waals surface area (Å²) in [7, 11) is 0. The van der Waals surface area contributed by atoms with E-state index in [-0.39, 0.29) is 0 Å². The molecule has 1 saturated carbocycles. The lowest BCUT2D eigenvalue weighted by Gasteiger charge is -2.31. The Hall–Kier alpha value is -1.03. The molecule has 1 saturated heterocycles. The molecular formula is C14H24N4. The first-order chi connectivity index (χ1) is 8.88. The second-order valence-electron chi connectivity index (χ2n) is 5.54. The van der Waals surface area contributed by atoms with Gasteiger partial charge in [0.1, 0.15) is 0 Å². The summed E-state index contributed by atoms with van der Waals surface area (Å²) in [6.07, 6.45) is 10.7. The van der Waals surface area contributed by atoms with Crippen molar-refractivity contribution in [2.75, 3.05) is 18.0 Å². The third-order valence-corrected chi connectivity index (χ3v) is 4.11. The lowest BCUT2D eigenvalue weighted by molar-refractivity contribution is 0.396. The third-order valence-electron chi connectivity index (χ3n) is 4.11. The summed E-state index contributed by atoms with van der Waals surface area (Å²) >= 11 is 0. The van der Waals surface area contributed by atoms with Crippen LogP contribution >= 0.6 is 0 Å². The van der Waals surface area contributed by atoms with Crippen LogP contribution in [-0.4, -0.2) is 34.7 Å². The first-order valence-corrected chi connectivity index (χ1v) is 7.39. The molecule has 1 aromatic rings. The Balaban J connectivity index is 1.71. The highest BCUT2D eigenvalue weighted by atomic mass is 15.3. The highest BCUT2D eigenvalue weighted by molar-refractivity contribution is 5.36.